The van der Waals surface area contributed by atoms with Crippen LogP contribution in [0.4, 0.5) is 0 Å². The minimum atomic E-state index is -1.81. The van der Waals surface area contributed by atoms with E-state index in [1.165, 1.54) is 12.8 Å². The van der Waals surface area contributed by atoms with Crippen LogP contribution in [0.25, 0.3) is 0 Å². The summed E-state index contributed by atoms with van der Waals surface area (Å²) in [5.41, 5.74) is 6.10. The normalized spacial score (nSPS) is 25.4. The predicted octanol–water partition coefficient (Wildman–Crippen LogP) is 5.14. The number of nitrogens with zero attached hydrogens (tertiary/aromatic N) is 4. The number of rotatable bonds is 13. The number of carbonyl (C=O) groups excluding carboxylic acids is 1. The van der Waals surface area contributed by atoms with Crippen molar-refractivity contribution in [3.05, 3.63) is 91.7 Å². The lowest BCUT2D eigenvalue weighted by Gasteiger charge is -2.46. The van der Waals surface area contributed by atoms with E-state index < -0.39 is 17.4 Å². The Hall–Kier alpha value is -3.45. The van der Waals surface area contributed by atoms with Crippen LogP contribution in [0.5, 0.6) is 0 Å². The molecule has 2 aromatic carbocycles. The summed E-state index contributed by atoms with van der Waals surface area (Å²) in [5, 5.41) is 22.2. The minimum absolute atomic E-state index is 0.132. The van der Waals surface area contributed by atoms with Crippen LogP contribution in [0.1, 0.15) is 62.1 Å². The summed E-state index contributed by atoms with van der Waals surface area (Å²) >= 11 is 13.6. The summed E-state index contributed by atoms with van der Waals surface area (Å²) in [7, 11) is 3.89. The van der Waals surface area contributed by atoms with Crippen LogP contribution < -0.4 is 5.73 Å². The average Bonchev–Trinajstić information content (AvgIpc) is 3.31. The Balaban J connectivity index is 1.33. The second-order valence-corrected chi connectivity index (χ2v) is 15.7. The molecule has 2 aromatic rings. The largest absolute Gasteiger partial charge is 0.478 e. The van der Waals surface area contributed by atoms with Gasteiger partial charge in [0, 0.05) is 84.9 Å². The Morgan fingerprint density at radius 3 is 2.00 bits per heavy atom. The number of amides is 1. The van der Waals surface area contributed by atoms with Gasteiger partial charge in [0.25, 0.3) is 0 Å². The van der Waals surface area contributed by atoms with E-state index in [2.05, 4.69) is 16.8 Å². The van der Waals surface area contributed by atoms with Gasteiger partial charge in [-0.2, -0.15) is 0 Å². The Kier molecular flexibility index (Phi) is 12.2. The smallest absolute Gasteiger partial charge is 0.334 e. The van der Waals surface area contributed by atoms with Gasteiger partial charge in [-0.3, -0.25) is 9.69 Å². The second-order valence-electron chi connectivity index (χ2n) is 14.9. The molecule has 3 fully saturated rings. The first kappa shape index (κ1) is 39.2. The number of halogens is 2. The third kappa shape index (κ3) is 7.74. The Bertz CT molecular complexity index is 1760. The average molecular weight is 769 g/mol. The van der Waals surface area contributed by atoms with E-state index >= 15 is 0 Å². The van der Waals surface area contributed by atoms with Crippen LogP contribution in [0.3, 0.4) is 0 Å². The summed E-state index contributed by atoms with van der Waals surface area (Å²) in [4.78, 5) is 49.6. The van der Waals surface area contributed by atoms with Gasteiger partial charge in [0.2, 0.25) is 5.91 Å². The monoisotopic (exact) mass is 767 g/mol. The van der Waals surface area contributed by atoms with E-state index in [1.54, 1.807) is 37.1 Å². The molecule has 286 valence electrons. The number of piperidine rings is 1. The molecule has 2 bridgehead atoms. The van der Waals surface area contributed by atoms with Crippen molar-refractivity contribution in [2.45, 2.75) is 82.0 Å². The van der Waals surface area contributed by atoms with Gasteiger partial charge < -0.3 is 35.4 Å². The number of ether oxygens (including phenoxy) is 1. The highest BCUT2D eigenvalue weighted by molar-refractivity contribution is 6.36. The van der Waals surface area contributed by atoms with Gasteiger partial charge in [-0.1, -0.05) is 53.5 Å². The maximum atomic E-state index is 14.2. The molecule has 0 saturated carbocycles. The topological polar surface area (TPSA) is 140 Å². The quantitative estimate of drug-likeness (QED) is 0.235. The van der Waals surface area contributed by atoms with Crippen molar-refractivity contribution in [3.8, 4) is 0 Å². The maximum Gasteiger partial charge on any atom is 0.334 e. The lowest BCUT2D eigenvalue weighted by atomic mass is 9.66. The second kappa shape index (κ2) is 16.5. The highest BCUT2D eigenvalue weighted by atomic mass is 35.5. The molecule has 53 heavy (non-hydrogen) atoms. The standard InChI is InChI=1S/C40H51Cl2N5O6/c1-40(35-30(41)9-6-10-31(35)42)36(38(49)50)32(14-11-25-7-4-5-8-26(25)24-53-20-15-43)45(3)33(37(40)39(51)52)23-34(48)47-18-16-46(17-19-47)29-21-27-12-13-28(22-29)44(27)2/h4-10,27-29H,11-24,43H2,1-3H3,(H,49,50)(H,51,52). The first-order chi connectivity index (χ1) is 25.4. The van der Waals surface area contributed by atoms with Crippen LogP contribution in [0, 0.1) is 0 Å². The number of hydrogen-bond donors (Lipinski definition) is 3. The number of aryl methyl sites for hydroxylation is 1. The van der Waals surface area contributed by atoms with Gasteiger partial charge in [0.05, 0.1) is 36.2 Å². The van der Waals surface area contributed by atoms with Crippen LogP contribution in [-0.2, 0) is 37.6 Å². The minimum Gasteiger partial charge on any atom is -0.478 e. The van der Waals surface area contributed by atoms with E-state index in [0.29, 0.717) is 63.1 Å². The molecule has 1 amide bonds. The van der Waals surface area contributed by atoms with E-state index in [9.17, 15) is 24.6 Å². The van der Waals surface area contributed by atoms with Crippen LogP contribution >= 0.6 is 23.2 Å². The summed E-state index contributed by atoms with van der Waals surface area (Å²) in [6, 6.07) is 14.3. The number of carboxylic acids is 2. The van der Waals surface area contributed by atoms with Gasteiger partial charge in [0.15, 0.2) is 0 Å². The van der Waals surface area contributed by atoms with Crippen molar-refractivity contribution < 1.29 is 29.3 Å². The van der Waals surface area contributed by atoms with Crippen molar-refractivity contribution in [3.63, 3.8) is 0 Å². The Morgan fingerprint density at radius 1 is 0.830 bits per heavy atom. The number of aliphatic carboxylic acids is 2. The fourth-order valence-corrected chi connectivity index (χ4v) is 10.1. The molecule has 4 aliphatic rings. The number of hydrogen-bond acceptors (Lipinski definition) is 8. The first-order valence-electron chi connectivity index (χ1n) is 18.6. The molecule has 4 N–H and O–H groups in total. The summed E-state index contributed by atoms with van der Waals surface area (Å²) in [6.45, 7) is 5.28. The molecule has 3 saturated heterocycles. The summed E-state index contributed by atoms with van der Waals surface area (Å²) in [6.07, 6.45) is 5.22. The van der Waals surface area contributed by atoms with Gasteiger partial charge in [-0.15, -0.1) is 0 Å². The number of benzene rings is 2. The maximum absolute atomic E-state index is 14.2. The van der Waals surface area contributed by atoms with Crippen molar-refractivity contribution >= 4 is 41.0 Å². The molecular weight excluding hydrogens is 717 g/mol. The van der Waals surface area contributed by atoms with Crippen molar-refractivity contribution in [1.29, 1.82) is 0 Å². The zero-order valence-electron chi connectivity index (χ0n) is 30.8. The number of piperazine rings is 1. The summed E-state index contributed by atoms with van der Waals surface area (Å²) < 4.78 is 5.72. The van der Waals surface area contributed by atoms with E-state index in [0.717, 1.165) is 37.1 Å². The lowest BCUT2D eigenvalue weighted by Crippen LogP contribution is -2.56. The molecule has 0 aliphatic carbocycles. The molecule has 0 radical (unpaired) electrons. The Labute approximate surface area is 321 Å². The molecule has 3 atom stereocenters. The number of fused-ring (bicyclic) bond motifs is 2. The van der Waals surface area contributed by atoms with Crippen LogP contribution in [0.15, 0.2) is 65.0 Å². The first-order valence-corrected chi connectivity index (χ1v) is 19.3. The van der Waals surface area contributed by atoms with Crippen molar-refractivity contribution in [1.82, 2.24) is 19.6 Å². The lowest BCUT2D eigenvalue weighted by molar-refractivity contribution is -0.134. The predicted molar refractivity (Wildman–Crippen MR) is 205 cm³/mol. The molecule has 3 unspecified atom stereocenters. The zero-order valence-corrected chi connectivity index (χ0v) is 32.3. The molecule has 0 aromatic heterocycles. The van der Waals surface area contributed by atoms with Gasteiger partial charge >= 0.3 is 11.9 Å². The van der Waals surface area contributed by atoms with E-state index in [-0.39, 0.29) is 51.2 Å². The number of carboxylic acid groups (broad SMARTS) is 2. The Morgan fingerprint density at radius 2 is 1.42 bits per heavy atom. The highest BCUT2D eigenvalue weighted by Gasteiger charge is 2.52. The fourth-order valence-electron chi connectivity index (χ4n) is 9.33. The van der Waals surface area contributed by atoms with E-state index in [1.807, 2.05) is 29.2 Å². The third-order valence-corrected chi connectivity index (χ3v) is 12.8. The highest BCUT2D eigenvalue weighted by Crippen LogP contribution is 2.52. The molecule has 11 nitrogen and oxygen atoms in total. The van der Waals surface area contributed by atoms with Gasteiger partial charge in [-0.05, 0) is 75.8 Å². The van der Waals surface area contributed by atoms with Crippen molar-refractivity contribution in [2.75, 3.05) is 53.4 Å². The van der Waals surface area contributed by atoms with Crippen LogP contribution in [0.2, 0.25) is 10.0 Å². The van der Waals surface area contributed by atoms with Crippen molar-refractivity contribution in [2.24, 2.45) is 5.73 Å². The molecule has 4 aliphatic heterocycles. The number of nitrogens with two attached hydrogens (primary N) is 1. The molecule has 4 heterocycles. The van der Waals surface area contributed by atoms with Gasteiger partial charge in [-0.25, -0.2) is 9.59 Å². The molecule has 6 rings (SSSR count). The van der Waals surface area contributed by atoms with E-state index in [4.69, 9.17) is 33.7 Å². The fraction of sp³-hybridized carbons (Fsp3) is 0.525. The molecule has 0 spiro atoms. The molecule has 13 heteroatoms. The summed E-state index contributed by atoms with van der Waals surface area (Å²) in [5.74, 6) is -2.85. The molecular formula is C40H51Cl2N5O6. The number of carbonyl (C=O) groups is 3. The van der Waals surface area contributed by atoms with Crippen LogP contribution in [-0.4, -0.2) is 119 Å². The zero-order chi connectivity index (χ0) is 38.0. The SMILES string of the molecule is CN1C(CCc2ccccc2COCCN)=C(C(=O)O)C(C)(c2c(Cl)cccc2Cl)C(C(=O)O)=C1CC(=O)N1CCN(C2CC3CCC(C2)N3C)CC1. The van der Waals surface area contributed by atoms with Gasteiger partial charge in [0.1, 0.15) is 0 Å². The third-order valence-electron chi connectivity index (χ3n) is 12.1. The number of allylic oxidation sites excluding steroid dienone is 1.